The zero-order chi connectivity index (χ0) is 25.3. The van der Waals surface area contributed by atoms with Gasteiger partial charge in [-0.3, -0.25) is 10.1 Å². The van der Waals surface area contributed by atoms with Crippen LogP contribution in [-0.2, 0) is 14.9 Å². The Balaban J connectivity index is 1.17. The summed E-state index contributed by atoms with van der Waals surface area (Å²) in [5, 5.41) is 16.6. The van der Waals surface area contributed by atoms with Gasteiger partial charge < -0.3 is 24.2 Å². The fourth-order valence-electron chi connectivity index (χ4n) is 4.63. The summed E-state index contributed by atoms with van der Waals surface area (Å²) in [7, 11) is 0. The summed E-state index contributed by atoms with van der Waals surface area (Å²) in [6, 6.07) is 15.1. The number of carboxylic acids is 1. The van der Waals surface area contributed by atoms with Gasteiger partial charge in [0.1, 0.15) is 11.8 Å². The summed E-state index contributed by atoms with van der Waals surface area (Å²) in [4.78, 5) is 28.4. The van der Waals surface area contributed by atoms with Gasteiger partial charge in [-0.2, -0.15) is 0 Å². The van der Waals surface area contributed by atoms with Crippen molar-refractivity contribution in [2.24, 2.45) is 0 Å². The highest BCUT2D eigenvalue weighted by Gasteiger charge is 2.51. The van der Waals surface area contributed by atoms with E-state index >= 15 is 0 Å². The van der Waals surface area contributed by atoms with E-state index in [9.17, 15) is 14.7 Å². The quantitative estimate of drug-likeness (QED) is 0.453. The van der Waals surface area contributed by atoms with Crippen molar-refractivity contribution in [2.45, 2.75) is 31.3 Å². The fraction of sp³-hybridized carbons (Fsp3) is 0.346. The Kier molecular flexibility index (Phi) is 6.49. The molecule has 1 amide bonds. The number of halogens is 1. The Hall–Kier alpha value is -3.72. The van der Waals surface area contributed by atoms with Crippen LogP contribution in [0.1, 0.15) is 37.0 Å². The highest BCUT2D eigenvalue weighted by atomic mass is 35.5. The molecular formula is C26H27ClN4O5. The summed E-state index contributed by atoms with van der Waals surface area (Å²) in [5.74, 6) is -0.271. The van der Waals surface area contributed by atoms with Gasteiger partial charge in [0.25, 0.3) is 5.88 Å². The third kappa shape index (κ3) is 4.70. The van der Waals surface area contributed by atoms with Crippen molar-refractivity contribution in [1.29, 1.82) is 0 Å². The second-order valence-electron chi connectivity index (χ2n) is 9.15. The molecular weight excluding hydrogens is 484 g/mol. The third-order valence-corrected chi connectivity index (χ3v) is 7.27. The molecule has 5 rings (SSSR count). The molecule has 2 aromatic carbocycles. The number of hydrogen-bond donors (Lipinski definition) is 2. The molecule has 1 aliphatic carbocycles. The van der Waals surface area contributed by atoms with Crippen molar-refractivity contribution in [1.82, 2.24) is 5.16 Å². The van der Waals surface area contributed by atoms with Crippen molar-refractivity contribution in [2.75, 3.05) is 41.3 Å². The molecule has 1 aliphatic heterocycles. The zero-order valence-corrected chi connectivity index (χ0v) is 20.6. The van der Waals surface area contributed by atoms with E-state index in [-0.39, 0.29) is 0 Å². The van der Waals surface area contributed by atoms with Crippen LogP contribution in [0, 0.1) is 0 Å². The highest BCUT2D eigenvalue weighted by molar-refractivity contribution is 6.31. The summed E-state index contributed by atoms with van der Waals surface area (Å²) in [6.45, 7) is 4.55. The highest BCUT2D eigenvalue weighted by Crippen LogP contribution is 2.48. The van der Waals surface area contributed by atoms with E-state index in [0.717, 1.165) is 29.9 Å². The van der Waals surface area contributed by atoms with E-state index in [2.05, 4.69) is 15.4 Å². The SMILES string of the molecule is CC(OC(=O)Nc1cnoc1N1CCN(c2ccc(C3(C(=O)O)CC3)cc2)CC1)c1ccccc1Cl. The number of piperazine rings is 1. The molecule has 1 saturated heterocycles. The molecule has 36 heavy (non-hydrogen) atoms. The van der Waals surface area contributed by atoms with Gasteiger partial charge in [-0.1, -0.05) is 47.1 Å². The van der Waals surface area contributed by atoms with Crippen molar-refractivity contribution < 1.29 is 24.0 Å². The number of carbonyl (C=O) groups excluding carboxylic acids is 1. The zero-order valence-electron chi connectivity index (χ0n) is 19.8. The molecule has 3 aromatic rings. The molecule has 2 aliphatic rings. The first-order chi connectivity index (χ1) is 17.4. The molecule has 2 heterocycles. The van der Waals surface area contributed by atoms with Crippen molar-refractivity contribution in [3.8, 4) is 0 Å². The van der Waals surface area contributed by atoms with Gasteiger partial charge in [-0.15, -0.1) is 0 Å². The standard InChI is InChI=1S/C26H27ClN4O5/c1-17(20-4-2-3-5-21(20)27)35-25(34)29-22-16-28-36-23(22)31-14-12-30(13-15-31)19-8-6-18(7-9-19)26(10-11-26)24(32)33/h2-9,16-17H,10-15H2,1H3,(H,29,34)(H,32,33). The van der Waals surface area contributed by atoms with Gasteiger partial charge in [-0.05, 0) is 43.5 Å². The molecule has 10 heteroatoms. The minimum absolute atomic E-state index is 0.438. The second kappa shape index (κ2) is 9.73. The topological polar surface area (TPSA) is 108 Å². The van der Waals surface area contributed by atoms with Crippen LogP contribution in [0.2, 0.25) is 5.02 Å². The lowest BCUT2D eigenvalue weighted by Gasteiger charge is -2.36. The lowest BCUT2D eigenvalue weighted by Crippen LogP contribution is -2.46. The molecule has 188 valence electrons. The summed E-state index contributed by atoms with van der Waals surface area (Å²) in [6.07, 6.45) is 1.70. The predicted octanol–water partition coefficient (Wildman–Crippen LogP) is 5.08. The number of ether oxygens (including phenoxy) is 1. The van der Waals surface area contributed by atoms with E-state index in [1.807, 2.05) is 47.4 Å². The summed E-state index contributed by atoms with van der Waals surface area (Å²) < 4.78 is 10.9. The average molecular weight is 511 g/mol. The molecule has 1 aromatic heterocycles. The van der Waals surface area contributed by atoms with Gasteiger partial charge in [0.05, 0.1) is 11.6 Å². The summed E-state index contributed by atoms with van der Waals surface area (Å²) >= 11 is 6.20. The van der Waals surface area contributed by atoms with E-state index in [1.165, 1.54) is 6.20 Å². The number of rotatable bonds is 7. The first kappa shape index (κ1) is 24.0. The number of anilines is 3. The maximum Gasteiger partial charge on any atom is 0.412 e. The molecule has 0 spiro atoms. The van der Waals surface area contributed by atoms with Gasteiger partial charge in [0.2, 0.25) is 0 Å². The van der Waals surface area contributed by atoms with Crippen molar-refractivity contribution >= 4 is 40.9 Å². The van der Waals surface area contributed by atoms with E-state index in [4.69, 9.17) is 20.9 Å². The lowest BCUT2D eigenvalue weighted by atomic mass is 9.96. The van der Waals surface area contributed by atoms with Crippen LogP contribution in [0.15, 0.2) is 59.3 Å². The number of nitrogens with zero attached hydrogens (tertiary/aromatic N) is 3. The van der Waals surface area contributed by atoms with Crippen LogP contribution in [0.25, 0.3) is 0 Å². The Morgan fingerprint density at radius 1 is 1.08 bits per heavy atom. The minimum Gasteiger partial charge on any atom is -0.481 e. The average Bonchev–Trinajstić information content (AvgIpc) is 3.58. The smallest absolute Gasteiger partial charge is 0.412 e. The molecule has 2 N–H and O–H groups in total. The van der Waals surface area contributed by atoms with Crippen LogP contribution in [-0.4, -0.2) is 48.5 Å². The van der Waals surface area contributed by atoms with Gasteiger partial charge in [-0.25, -0.2) is 4.79 Å². The van der Waals surface area contributed by atoms with Gasteiger partial charge >= 0.3 is 12.1 Å². The largest absolute Gasteiger partial charge is 0.481 e. The van der Waals surface area contributed by atoms with Crippen molar-refractivity contribution in [3.63, 3.8) is 0 Å². The molecule has 1 atom stereocenters. The van der Waals surface area contributed by atoms with Crippen molar-refractivity contribution in [3.05, 3.63) is 70.9 Å². The number of nitrogens with one attached hydrogen (secondary N) is 1. The Bertz CT molecular complexity index is 1250. The van der Waals surface area contributed by atoms with Gasteiger partial charge in [0, 0.05) is 42.5 Å². The van der Waals surface area contributed by atoms with E-state index in [0.29, 0.717) is 42.5 Å². The molecule has 9 nitrogen and oxygen atoms in total. The summed E-state index contributed by atoms with van der Waals surface area (Å²) in [5.41, 5.74) is 2.38. The molecule has 0 radical (unpaired) electrons. The van der Waals surface area contributed by atoms with Crippen LogP contribution in [0.4, 0.5) is 22.1 Å². The minimum atomic E-state index is -0.748. The van der Waals surface area contributed by atoms with Crippen LogP contribution >= 0.6 is 11.6 Å². The van der Waals surface area contributed by atoms with E-state index < -0.39 is 23.6 Å². The Morgan fingerprint density at radius 3 is 2.39 bits per heavy atom. The first-order valence-electron chi connectivity index (χ1n) is 11.9. The van der Waals surface area contributed by atoms with Crippen LogP contribution in [0.5, 0.6) is 0 Å². The number of carboxylic acid groups (broad SMARTS) is 1. The number of amides is 1. The Labute approximate surface area is 213 Å². The fourth-order valence-corrected chi connectivity index (χ4v) is 4.91. The number of aliphatic carboxylic acids is 1. The van der Waals surface area contributed by atoms with Crippen LogP contribution in [0.3, 0.4) is 0 Å². The molecule has 0 bridgehead atoms. The normalized spacial score (nSPS) is 17.4. The number of benzene rings is 2. The number of hydrogen-bond acceptors (Lipinski definition) is 7. The van der Waals surface area contributed by atoms with Gasteiger partial charge in [0.15, 0.2) is 0 Å². The maximum atomic E-state index is 12.5. The monoisotopic (exact) mass is 510 g/mol. The maximum absolute atomic E-state index is 12.5. The molecule has 1 saturated carbocycles. The van der Waals surface area contributed by atoms with E-state index in [1.54, 1.807) is 13.0 Å². The van der Waals surface area contributed by atoms with Crippen LogP contribution < -0.4 is 15.1 Å². The molecule has 2 fully saturated rings. The molecule has 1 unspecified atom stereocenters. The number of carbonyl (C=O) groups is 2. The third-order valence-electron chi connectivity index (χ3n) is 6.93. The predicted molar refractivity (Wildman–Crippen MR) is 136 cm³/mol. The first-order valence-corrected chi connectivity index (χ1v) is 12.3. The Morgan fingerprint density at radius 2 is 1.75 bits per heavy atom. The number of aromatic nitrogens is 1. The second-order valence-corrected chi connectivity index (χ2v) is 9.55. The lowest BCUT2D eigenvalue weighted by molar-refractivity contribution is -0.140.